The lowest BCUT2D eigenvalue weighted by Crippen LogP contribution is -1.90. The fourth-order valence-corrected chi connectivity index (χ4v) is 2.09. The van der Waals surface area contributed by atoms with Gasteiger partial charge in [0.25, 0.3) is 0 Å². The van der Waals surface area contributed by atoms with E-state index in [1.807, 2.05) is 43.3 Å². The molecule has 0 heterocycles. The molecule has 0 amide bonds. The number of allylic oxidation sites excluding steroid dienone is 1. The molecule has 0 saturated heterocycles. The average Bonchev–Trinajstić information content (AvgIpc) is 2.40. The summed E-state index contributed by atoms with van der Waals surface area (Å²) in [7, 11) is 0. The summed E-state index contributed by atoms with van der Waals surface area (Å²) < 4.78 is 12.8. The van der Waals surface area contributed by atoms with Gasteiger partial charge in [0.2, 0.25) is 0 Å². The van der Waals surface area contributed by atoms with Gasteiger partial charge in [-0.3, -0.25) is 0 Å². The average molecular weight is 261 g/mol. The normalized spacial score (nSPS) is 13.4. The van der Waals surface area contributed by atoms with E-state index in [1.54, 1.807) is 12.1 Å². The minimum Gasteiger partial charge on any atom is -0.207 e. The van der Waals surface area contributed by atoms with Crippen molar-refractivity contribution < 1.29 is 4.39 Å². The predicted molar refractivity (Wildman–Crippen MR) is 75.1 cm³/mol. The molecule has 0 fully saturated rings. The minimum absolute atomic E-state index is 0.151. The third-order valence-electron chi connectivity index (χ3n) is 2.84. The molecule has 0 bridgehead atoms. The van der Waals surface area contributed by atoms with Crippen LogP contribution in [0.4, 0.5) is 4.39 Å². The third kappa shape index (κ3) is 3.21. The summed E-state index contributed by atoms with van der Waals surface area (Å²) >= 11 is 6.27. The summed E-state index contributed by atoms with van der Waals surface area (Å²) in [6.07, 6.45) is 1.98. The van der Waals surface area contributed by atoms with E-state index in [0.717, 1.165) is 11.1 Å². The molecular weight excluding hydrogens is 247 g/mol. The van der Waals surface area contributed by atoms with Crippen molar-refractivity contribution in [1.82, 2.24) is 0 Å². The molecule has 18 heavy (non-hydrogen) atoms. The van der Waals surface area contributed by atoms with E-state index in [4.69, 9.17) is 11.6 Å². The van der Waals surface area contributed by atoms with Crippen LogP contribution in [0.25, 0.3) is 5.03 Å². The van der Waals surface area contributed by atoms with E-state index in [1.165, 1.54) is 12.1 Å². The third-order valence-corrected chi connectivity index (χ3v) is 3.19. The second-order valence-corrected chi connectivity index (χ2v) is 4.63. The molecule has 0 saturated carbocycles. The fraction of sp³-hybridized carbons (Fsp3) is 0.125. The Labute approximate surface area is 112 Å². The van der Waals surface area contributed by atoms with Crippen molar-refractivity contribution in [2.45, 2.75) is 12.8 Å². The van der Waals surface area contributed by atoms with Crippen molar-refractivity contribution in [2.75, 3.05) is 0 Å². The molecule has 0 spiro atoms. The zero-order valence-corrected chi connectivity index (χ0v) is 10.9. The number of rotatable bonds is 3. The predicted octanol–water partition coefficient (Wildman–Crippen LogP) is 5.21. The first-order chi connectivity index (χ1) is 8.66. The fourth-order valence-electron chi connectivity index (χ4n) is 1.78. The zero-order chi connectivity index (χ0) is 13.0. The quantitative estimate of drug-likeness (QED) is 0.711. The van der Waals surface area contributed by atoms with Gasteiger partial charge in [-0.25, -0.2) is 4.39 Å². The first-order valence-electron chi connectivity index (χ1n) is 5.85. The van der Waals surface area contributed by atoms with Gasteiger partial charge in [0.15, 0.2) is 0 Å². The van der Waals surface area contributed by atoms with Crippen LogP contribution in [-0.2, 0) is 0 Å². The highest BCUT2D eigenvalue weighted by atomic mass is 35.5. The lowest BCUT2D eigenvalue weighted by Gasteiger charge is -2.08. The lowest BCUT2D eigenvalue weighted by molar-refractivity contribution is 0.626. The second-order valence-electron chi connectivity index (χ2n) is 4.22. The molecule has 92 valence electrons. The van der Waals surface area contributed by atoms with E-state index in [9.17, 15) is 4.39 Å². The highest BCUT2D eigenvalue weighted by molar-refractivity contribution is 6.48. The Hall–Kier alpha value is -1.60. The van der Waals surface area contributed by atoms with E-state index in [0.29, 0.717) is 5.03 Å². The number of hydrogen-bond acceptors (Lipinski definition) is 0. The SMILES string of the molecule is CC(/C=C(/Cl)c1ccccc1)c1ccc(F)cc1. The molecule has 2 rings (SSSR count). The summed E-state index contributed by atoms with van der Waals surface area (Å²) in [5, 5.41) is 0.715. The summed E-state index contributed by atoms with van der Waals surface area (Å²) in [5.41, 5.74) is 2.04. The Morgan fingerprint density at radius 1 is 1.06 bits per heavy atom. The standard InChI is InChI=1S/C16H14ClF/c1-12(13-7-9-15(18)10-8-13)11-16(17)14-5-3-2-4-6-14/h2-12H,1H3/b16-11+. The molecule has 2 aromatic carbocycles. The van der Waals surface area contributed by atoms with E-state index in [-0.39, 0.29) is 11.7 Å². The largest absolute Gasteiger partial charge is 0.207 e. The van der Waals surface area contributed by atoms with E-state index in [2.05, 4.69) is 0 Å². The Morgan fingerprint density at radius 3 is 2.28 bits per heavy atom. The summed E-state index contributed by atoms with van der Waals surface area (Å²) in [6, 6.07) is 16.3. The van der Waals surface area contributed by atoms with Crippen LogP contribution in [0.15, 0.2) is 60.7 Å². The van der Waals surface area contributed by atoms with Gasteiger partial charge in [-0.15, -0.1) is 0 Å². The molecule has 0 aliphatic heterocycles. The molecule has 1 unspecified atom stereocenters. The van der Waals surface area contributed by atoms with Crippen LogP contribution in [-0.4, -0.2) is 0 Å². The van der Waals surface area contributed by atoms with Crippen molar-refractivity contribution in [2.24, 2.45) is 0 Å². The smallest absolute Gasteiger partial charge is 0.123 e. The van der Waals surface area contributed by atoms with Crippen LogP contribution in [0.1, 0.15) is 24.0 Å². The highest BCUT2D eigenvalue weighted by Gasteiger charge is 2.05. The molecule has 0 aromatic heterocycles. The van der Waals surface area contributed by atoms with Crippen LogP contribution >= 0.6 is 11.6 Å². The molecule has 0 nitrogen and oxygen atoms in total. The Balaban J connectivity index is 2.20. The maximum Gasteiger partial charge on any atom is 0.123 e. The lowest BCUT2D eigenvalue weighted by atomic mass is 10.00. The highest BCUT2D eigenvalue weighted by Crippen LogP contribution is 2.25. The molecule has 2 heteroatoms. The molecule has 0 aliphatic carbocycles. The van der Waals surface area contributed by atoms with Crippen LogP contribution in [0.5, 0.6) is 0 Å². The summed E-state index contributed by atoms with van der Waals surface area (Å²) in [5.74, 6) is -0.0672. The van der Waals surface area contributed by atoms with Crippen molar-refractivity contribution in [3.8, 4) is 0 Å². The van der Waals surface area contributed by atoms with Crippen molar-refractivity contribution in [1.29, 1.82) is 0 Å². The van der Waals surface area contributed by atoms with Gasteiger partial charge in [0.1, 0.15) is 5.82 Å². The minimum atomic E-state index is -0.218. The molecule has 0 N–H and O–H groups in total. The Morgan fingerprint density at radius 2 is 1.67 bits per heavy atom. The maximum atomic E-state index is 12.8. The summed E-state index contributed by atoms with van der Waals surface area (Å²) in [6.45, 7) is 2.04. The van der Waals surface area contributed by atoms with E-state index < -0.39 is 0 Å². The number of benzene rings is 2. The Bertz CT molecular complexity index is 529. The van der Waals surface area contributed by atoms with Crippen molar-refractivity contribution in [3.05, 3.63) is 77.6 Å². The summed E-state index contributed by atoms with van der Waals surface area (Å²) in [4.78, 5) is 0. The topological polar surface area (TPSA) is 0 Å². The van der Waals surface area contributed by atoms with Crippen molar-refractivity contribution >= 4 is 16.6 Å². The first kappa shape index (κ1) is 12.8. The van der Waals surface area contributed by atoms with Crippen LogP contribution < -0.4 is 0 Å². The van der Waals surface area contributed by atoms with Gasteiger partial charge >= 0.3 is 0 Å². The van der Waals surface area contributed by atoms with E-state index >= 15 is 0 Å². The van der Waals surface area contributed by atoms with Gasteiger partial charge < -0.3 is 0 Å². The zero-order valence-electron chi connectivity index (χ0n) is 10.1. The molecular formula is C16H14ClF. The van der Waals surface area contributed by atoms with Crippen LogP contribution in [0, 0.1) is 5.82 Å². The Kier molecular flexibility index (Phi) is 4.16. The number of hydrogen-bond donors (Lipinski definition) is 0. The van der Waals surface area contributed by atoms with Crippen LogP contribution in [0.3, 0.4) is 0 Å². The molecule has 1 atom stereocenters. The van der Waals surface area contributed by atoms with Gasteiger partial charge in [0, 0.05) is 11.0 Å². The van der Waals surface area contributed by atoms with Gasteiger partial charge in [-0.2, -0.15) is 0 Å². The monoisotopic (exact) mass is 260 g/mol. The molecule has 0 radical (unpaired) electrons. The maximum absolute atomic E-state index is 12.8. The van der Waals surface area contributed by atoms with Gasteiger partial charge in [-0.05, 0) is 23.3 Å². The van der Waals surface area contributed by atoms with Crippen molar-refractivity contribution in [3.63, 3.8) is 0 Å². The van der Waals surface area contributed by atoms with Gasteiger partial charge in [0.05, 0.1) is 0 Å². The van der Waals surface area contributed by atoms with Crippen LogP contribution in [0.2, 0.25) is 0 Å². The first-order valence-corrected chi connectivity index (χ1v) is 6.23. The molecule has 0 aliphatic rings. The number of halogens is 2. The second kappa shape index (κ2) is 5.83. The van der Waals surface area contributed by atoms with Gasteiger partial charge in [-0.1, -0.05) is 67.1 Å². The molecule has 2 aromatic rings.